The summed E-state index contributed by atoms with van der Waals surface area (Å²) in [6.07, 6.45) is 1.56. The van der Waals surface area contributed by atoms with Gasteiger partial charge in [-0.1, -0.05) is 46.9 Å². The second-order valence-electron chi connectivity index (χ2n) is 5.95. The van der Waals surface area contributed by atoms with Crippen LogP contribution < -0.4 is 10.5 Å². The Kier molecular flexibility index (Phi) is 4.99. The van der Waals surface area contributed by atoms with E-state index in [1.807, 2.05) is 0 Å². The van der Waals surface area contributed by atoms with Gasteiger partial charge in [0.1, 0.15) is 10.7 Å². The van der Waals surface area contributed by atoms with Crippen LogP contribution in [0.4, 0.5) is 11.5 Å². The first-order valence-electron chi connectivity index (χ1n) is 7.99. The van der Waals surface area contributed by atoms with Crippen LogP contribution in [0.15, 0.2) is 47.5 Å². The molecule has 0 fully saturated rings. The van der Waals surface area contributed by atoms with Gasteiger partial charge < -0.3 is 5.73 Å². The number of rotatable bonds is 4. The topological polar surface area (TPSA) is 127 Å². The molecular formula is C17H11Cl3N6O2S. The van der Waals surface area contributed by atoms with E-state index >= 15 is 0 Å². The molecule has 0 saturated heterocycles. The molecule has 4 N–H and O–H groups in total. The lowest BCUT2D eigenvalue weighted by atomic mass is 10.1. The second kappa shape index (κ2) is 7.34. The van der Waals surface area contributed by atoms with Crippen LogP contribution in [0.1, 0.15) is 0 Å². The number of hydrogen-bond acceptors (Lipinski definition) is 6. The van der Waals surface area contributed by atoms with Crippen molar-refractivity contribution in [1.29, 1.82) is 0 Å². The number of nitrogens with two attached hydrogens (primary N) is 1. The number of benzene rings is 2. The summed E-state index contributed by atoms with van der Waals surface area (Å²) in [7, 11) is -4.02. The van der Waals surface area contributed by atoms with Gasteiger partial charge in [0.05, 0.1) is 21.9 Å². The molecule has 0 unspecified atom stereocenters. The van der Waals surface area contributed by atoms with Gasteiger partial charge in [-0.15, -0.1) is 0 Å². The van der Waals surface area contributed by atoms with Gasteiger partial charge in [-0.3, -0.25) is 9.82 Å². The largest absolute Gasteiger partial charge is 0.382 e. The Morgan fingerprint density at radius 1 is 1.03 bits per heavy atom. The molecule has 0 aliphatic rings. The Balaban J connectivity index is 1.62. The van der Waals surface area contributed by atoms with Crippen LogP contribution in [0.3, 0.4) is 0 Å². The lowest BCUT2D eigenvalue weighted by molar-refractivity contribution is 0.601. The maximum absolute atomic E-state index is 12.7. The molecule has 2 aromatic heterocycles. The van der Waals surface area contributed by atoms with Gasteiger partial charge in [-0.25, -0.2) is 18.4 Å². The number of H-pyrrole nitrogens is 1. The van der Waals surface area contributed by atoms with Gasteiger partial charge >= 0.3 is 0 Å². The number of anilines is 2. The first-order chi connectivity index (χ1) is 13.7. The summed E-state index contributed by atoms with van der Waals surface area (Å²) in [5.41, 5.74) is 8.16. The summed E-state index contributed by atoms with van der Waals surface area (Å²) in [5.74, 6) is 0.336. The average molecular weight is 470 g/mol. The van der Waals surface area contributed by atoms with Crippen molar-refractivity contribution < 1.29 is 8.42 Å². The molecule has 148 valence electrons. The average Bonchev–Trinajstić information content (AvgIpc) is 3.01. The van der Waals surface area contributed by atoms with Crippen molar-refractivity contribution in [1.82, 2.24) is 20.2 Å². The molecule has 4 aromatic rings. The fourth-order valence-electron chi connectivity index (χ4n) is 2.65. The maximum Gasteiger partial charge on any atom is 0.264 e. The quantitative estimate of drug-likeness (QED) is 0.407. The molecule has 8 nitrogen and oxygen atoms in total. The van der Waals surface area contributed by atoms with Crippen LogP contribution in [0.25, 0.3) is 22.4 Å². The summed E-state index contributed by atoms with van der Waals surface area (Å²) in [6.45, 7) is 0. The van der Waals surface area contributed by atoms with Gasteiger partial charge in [0.15, 0.2) is 5.52 Å². The number of sulfonamides is 1. The highest BCUT2D eigenvalue weighted by Crippen LogP contribution is 2.34. The molecule has 0 aliphatic heterocycles. The molecular weight excluding hydrogens is 459 g/mol. The Morgan fingerprint density at radius 3 is 2.34 bits per heavy atom. The van der Waals surface area contributed by atoms with Crippen LogP contribution in [-0.4, -0.2) is 28.6 Å². The third-order valence-electron chi connectivity index (χ3n) is 3.96. The predicted molar refractivity (Wildman–Crippen MR) is 114 cm³/mol. The highest BCUT2D eigenvalue weighted by atomic mass is 35.5. The van der Waals surface area contributed by atoms with Crippen molar-refractivity contribution in [3.8, 4) is 11.3 Å². The van der Waals surface area contributed by atoms with Crippen molar-refractivity contribution in [2.45, 2.75) is 4.90 Å². The van der Waals surface area contributed by atoms with Crippen molar-refractivity contribution in [2.75, 3.05) is 10.5 Å². The molecule has 0 saturated carbocycles. The van der Waals surface area contributed by atoms with E-state index in [0.717, 1.165) is 0 Å². The van der Waals surface area contributed by atoms with Crippen LogP contribution >= 0.6 is 34.8 Å². The molecule has 29 heavy (non-hydrogen) atoms. The Labute approximate surface area is 180 Å². The van der Waals surface area contributed by atoms with Gasteiger partial charge in [0, 0.05) is 16.3 Å². The minimum atomic E-state index is -4.02. The zero-order chi connectivity index (χ0) is 20.8. The standard InChI is InChI=1S/C17H11Cl3N6O2S/c18-9-5-11(19)15(12(20)6-9)29(27,28)26-10-3-1-8(2-4-10)13-7-22-14-16(21)24-25-17(14)23-13/h1-7,26H,(H3,21,23,24,25). The monoisotopic (exact) mass is 468 g/mol. The number of hydrogen-bond donors (Lipinski definition) is 3. The van der Waals surface area contributed by atoms with Crippen LogP contribution in [0, 0.1) is 0 Å². The Morgan fingerprint density at radius 2 is 1.69 bits per heavy atom. The summed E-state index contributed by atoms with van der Waals surface area (Å²) in [4.78, 5) is 8.36. The molecule has 2 aromatic carbocycles. The molecule has 4 rings (SSSR count). The molecule has 0 amide bonds. The van der Waals surface area contributed by atoms with E-state index in [9.17, 15) is 8.42 Å². The highest BCUT2D eigenvalue weighted by molar-refractivity contribution is 7.93. The molecule has 2 heterocycles. The number of nitrogens with zero attached hydrogens (tertiary/aromatic N) is 3. The molecule has 0 radical (unpaired) electrons. The molecule has 0 aliphatic carbocycles. The van der Waals surface area contributed by atoms with E-state index < -0.39 is 10.0 Å². The highest BCUT2D eigenvalue weighted by Gasteiger charge is 2.22. The number of aromatic nitrogens is 4. The molecule has 0 spiro atoms. The third-order valence-corrected chi connectivity index (χ3v) is 6.48. The van der Waals surface area contributed by atoms with Gasteiger partial charge in [0.2, 0.25) is 5.65 Å². The lowest BCUT2D eigenvalue weighted by Gasteiger charge is -2.12. The first kappa shape index (κ1) is 19.7. The smallest absolute Gasteiger partial charge is 0.264 e. The molecule has 12 heteroatoms. The summed E-state index contributed by atoms with van der Waals surface area (Å²) in [6, 6.07) is 9.15. The summed E-state index contributed by atoms with van der Waals surface area (Å²) >= 11 is 17.9. The fourth-order valence-corrected chi connectivity index (χ4v) is 5.26. The summed E-state index contributed by atoms with van der Waals surface area (Å²) < 4.78 is 27.8. The number of aromatic amines is 1. The van der Waals surface area contributed by atoms with E-state index in [1.54, 1.807) is 30.5 Å². The zero-order valence-corrected chi connectivity index (χ0v) is 17.4. The van der Waals surface area contributed by atoms with E-state index in [0.29, 0.717) is 33.9 Å². The van der Waals surface area contributed by atoms with E-state index in [2.05, 4.69) is 24.9 Å². The Hall–Kier alpha value is -2.59. The van der Waals surface area contributed by atoms with Crippen LogP contribution in [-0.2, 0) is 10.0 Å². The van der Waals surface area contributed by atoms with Crippen molar-refractivity contribution in [2.24, 2.45) is 0 Å². The van der Waals surface area contributed by atoms with Gasteiger partial charge in [-0.05, 0) is 24.3 Å². The van der Waals surface area contributed by atoms with Crippen molar-refractivity contribution >= 4 is 67.5 Å². The number of nitrogen functional groups attached to an aromatic ring is 1. The van der Waals surface area contributed by atoms with E-state index in [-0.39, 0.29) is 20.0 Å². The molecule has 0 bridgehead atoms. The van der Waals surface area contributed by atoms with E-state index in [1.165, 1.54) is 12.1 Å². The van der Waals surface area contributed by atoms with Gasteiger partial charge in [-0.2, -0.15) is 5.10 Å². The lowest BCUT2D eigenvalue weighted by Crippen LogP contribution is -2.14. The normalized spacial score (nSPS) is 11.7. The molecule has 0 atom stereocenters. The Bertz CT molecular complexity index is 1320. The second-order valence-corrected chi connectivity index (χ2v) is 8.82. The SMILES string of the molecule is Nc1[nH]nc2nc(-c3ccc(NS(=O)(=O)c4c(Cl)cc(Cl)cc4Cl)cc3)cnc12. The minimum absolute atomic E-state index is 0.0755. The number of fused-ring (bicyclic) bond motifs is 1. The third kappa shape index (κ3) is 3.82. The van der Waals surface area contributed by atoms with E-state index in [4.69, 9.17) is 40.5 Å². The summed E-state index contributed by atoms with van der Waals surface area (Å²) in [5, 5.41) is 6.68. The van der Waals surface area contributed by atoms with Gasteiger partial charge in [0.25, 0.3) is 10.0 Å². The first-order valence-corrected chi connectivity index (χ1v) is 10.6. The van der Waals surface area contributed by atoms with Crippen molar-refractivity contribution in [3.63, 3.8) is 0 Å². The van der Waals surface area contributed by atoms with Crippen molar-refractivity contribution in [3.05, 3.63) is 57.7 Å². The number of halogens is 3. The maximum atomic E-state index is 12.7. The van der Waals surface area contributed by atoms with Crippen LogP contribution in [0.2, 0.25) is 15.1 Å². The minimum Gasteiger partial charge on any atom is -0.382 e. The van der Waals surface area contributed by atoms with Crippen LogP contribution in [0.5, 0.6) is 0 Å². The predicted octanol–water partition coefficient (Wildman–Crippen LogP) is 4.36. The fraction of sp³-hybridized carbons (Fsp3) is 0. The number of nitrogens with one attached hydrogen (secondary N) is 2. The zero-order valence-electron chi connectivity index (χ0n) is 14.3.